The lowest BCUT2D eigenvalue weighted by Gasteiger charge is -2.24. The molecule has 0 aromatic heterocycles. The highest BCUT2D eigenvalue weighted by atomic mass is 19.1. The molecule has 0 aliphatic carbocycles. The quantitative estimate of drug-likeness (QED) is 0.735. The molecule has 1 aromatic carbocycles. The van der Waals surface area contributed by atoms with Crippen LogP contribution in [-0.4, -0.2) is 25.3 Å². The van der Waals surface area contributed by atoms with Gasteiger partial charge in [0.25, 0.3) is 0 Å². The summed E-state index contributed by atoms with van der Waals surface area (Å²) in [4.78, 5) is 2.03. The number of aliphatic hydroxyl groups is 1. The van der Waals surface area contributed by atoms with Crippen molar-refractivity contribution in [1.82, 2.24) is 0 Å². The van der Waals surface area contributed by atoms with Gasteiger partial charge in [-0.15, -0.1) is 0 Å². The summed E-state index contributed by atoms with van der Waals surface area (Å²) in [6, 6.07) is 4.73. The second kappa shape index (κ2) is 7.34. The summed E-state index contributed by atoms with van der Waals surface area (Å²) in [7, 11) is 1.94. The average molecular weight is 254 g/mol. The summed E-state index contributed by atoms with van der Waals surface area (Å²) in [6.07, 6.45) is 2.77. The molecule has 1 rings (SSSR count). The Bertz CT molecular complexity index is 369. The molecule has 0 amide bonds. The van der Waals surface area contributed by atoms with E-state index in [0.717, 1.165) is 31.5 Å². The van der Waals surface area contributed by atoms with E-state index in [-0.39, 0.29) is 18.5 Å². The fourth-order valence-electron chi connectivity index (χ4n) is 2.07. The average Bonchev–Trinajstić information content (AvgIpc) is 2.33. The fraction of sp³-hybridized carbons (Fsp3) is 0.571. The summed E-state index contributed by atoms with van der Waals surface area (Å²) < 4.78 is 13.8. The lowest BCUT2D eigenvalue weighted by atomic mass is 10.0. The Morgan fingerprint density at radius 1 is 1.33 bits per heavy atom. The van der Waals surface area contributed by atoms with Gasteiger partial charge in [0, 0.05) is 37.5 Å². The first-order valence-electron chi connectivity index (χ1n) is 6.44. The molecule has 0 saturated carbocycles. The van der Waals surface area contributed by atoms with E-state index in [1.807, 2.05) is 18.0 Å². The fourth-order valence-corrected chi connectivity index (χ4v) is 2.07. The van der Waals surface area contributed by atoms with Gasteiger partial charge in [-0.05, 0) is 38.3 Å². The van der Waals surface area contributed by atoms with Gasteiger partial charge in [0.1, 0.15) is 5.82 Å². The van der Waals surface area contributed by atoms with E-state index >= 15 is 0 Å². The van der Waals surface area contributed by atoms with Gasteiger partial charge >= 0.3 is 0 Å². The molecule has 3 nitrogen and oxygen atoms in total. The van der Waals surface area contributed by atoms with E-state index in [4.69, 9.17) is 10.8 Å². The molecule has 0 radical (unpaired) electrons. The first kappa shape index (κ1) is 14.9. The van der Waals surface area contributed by atoms with Crippen molar-refractivity contribution in [2.75, 3.05) is 25.1 Å². The predicted molar refractivity (Wildman–Crippen MR) is 73.2 cm³/mol. The van der Waals surface area contributed by atoms with E-state index < -0.39 is 0 Å². The molecule has 4 heteroatoms. The summed E-state index contributed by atoms with van der Waals surface area (Å²) >= 11 is 0. The highest BCUT2D eigenvalue weighted by Crippen LogP contribution is 2.27. The Labute approximate surface area is 108 Å². The number of nitrogens with zero attached hydrogens (tertiary/aromatic N) is 1. The minimum Gasteiger partial charge on any atom is -0.396 e. The predicted octanol–water partition coefficient (Wildman–Crippen LogP) is 2.44. The molecule has 102 valence electrons. The number of aliphatic hydroxyl groups excluding tert-OH is 1. The highest BCUT2D eigenvalue weighted by molar-refractivity contribution is 5.54. The molecule has 0 saturated heterocycles. The molecular formula is C14H23FN2O. The molecule has 0 fully saturated rings. The zero-order valence-corrected chi connectivity index (χ0v) is 11.2. The molecule has 0 aliphatic heterocycles. The number of hydrogen-bond donors (Lipinski definition) is 2. The highest BCUT2D eigenvalue weighted by Gasteiger charge is 2.14. The monoisotopic (exact) mass is 254 g/mol. The van der Waals surface area contributed by atoms with Crippen LogP contribution < -0.4 is 10.6 Å². The van der Waals surface area contributed by atoms with Gasteiger partial charge in [-0.25, -0.2) is 4.39 Å². The first-order chi connectivity index (χ1) is 8.57. The molecule has 0 spiro atoms. The standard InChI is InChI=1S/C14H23FN2O/c1-11(16)14-12(15)7-6-8-13(14)17(2)9-4-3-5-10-18/h6-8,11,18H,3-5,9-10,16H2,1-2H3/t11-/m0/s1. The molecule has 0 unspecified atom stereocenters. The van der Waals surface area contributed by atoms with Gasteiger partial charge in [-0.2, -0.15) is 0 Å². The lowest BCUT2D eigenvalue weighted by molar-refractivity contribution is 0.283. The van der Waals surface area contributed by atoms with Crippen LogP contribution in [0.15, 0.2) is 18.2 Å². The number of nitrogens with two attached hydrogens (primary N) is 1. The topological polar surface area (TPSA) is 49.5 Å². The van der Waals surface area contributed by atoms with Crippen LogP contribution >= 0.6 is 0 Å². The molecule has 0 aliphatic rings. The van der Waals surface area contributed by atoms with Crippen molar-refractivity contribution in [1.29, 1.82) is 0 Å². The first-order valence-corrected chi connectivity index (χ1v) is 6.44. The third kappa shape index (κ3) is 3.96. The summed E-state index contributed by atoms with van der Waals surface area (Å²) in [5.74, 6) is -0.246. The molecule has 18 heavy (non-hydrogen) atoms. The van der Waals surface area contributed by atoms with E-state index in [2.05, 4.69) is 0 Å². The molecule has 0 heterocycles. The summed E-state index contributed by atoms with van der Waals surface area (Å²) in [5.41, 5.74) is 7.26. The van der Waals surface area contributed by atoms with Crippen molar-refractivity contribution in [3.63, 3.8) is 0 Å². The van der Waals surface area contributed by atoms with Gasteiger partial charge in [-0.3, -0.25) is 0 Å². The van der Waals surface area contributed by atoms with Crippen LogP contribution in [0.3, 0.4) is 0 Å². The maximum atomic E-state index is 13.8. The SMILES string of the molecule is C[C@H](N)c1c(F)cccc1N(C)CCCCCO. The third-order valence-electron chi connectivity index (χ3n) is 3.05. The van der Waals surface area contributed by atoms with Gasteiger partial charge in [0.15, 0.2) is 0 Å². The van der Waals surface area contributed by atoms with Crippen molar-refractivity contribution in [3.8, 4) is 0 Å². The van der Waals surface area contributed by atoms with Gasteiger partial charge in [-0.1, -0.05) is 6.07 Å². The second-order valence-corrected chi connectivity index (χ2v) is 4.67. The second-order valence-electron chi connectivity index (χ2n) is 4.67. The molecule has 3 N–H and O–H groups in total. The lowest BCUT2D eigenvalue weighted by Crippen LogP contribution is -2.22. The van der Waals surface area contributed by atoms with Crippen LogP contribution in [-0.2, 0) is 0 Å². The van der Waals surface area contributed by atoms with Crippen LogP contribution in [0.4, 0.5) is 10.1 Å². The third-order valence-corrected chi connectivity index (χ3v) is 3.05. The van der Waals surface area contributed by atoms with Crippen LogP contribution in [0.25, 0.3) is 0 Å². The van der Waals surface area contributed by atoms with Crippen molar-refractivity contribution >= 4 is 5.69 Å². The number of anilines is 1. The normalized spacial score (nSPS) is 12.5. The summed E-state index contributed by atoms with van der Waals surface area (Å²) in [5, 5.41) is 8.72. The Balaban J connectivity index is 2.72. The van der Waals surface area contributed by atoms with E-state index in [9.17, 15) is 4.39 Å². The molecule has 0 bridgehead atoms. The summed E-state index contributed by atoms with van der Waals surface area (Å²) in [6.45, 7) is 2.86. The minimum absolute atomic E-state index is 0.231. The van der Waals surface area contributed by atoms with Crippen LogP contribution in [0.2, 0.25) is 0 Å². The van der Waals surface area contributed by atoms with Crippen molar-refractivity contribution in [2.24, 2.45) is 5.73 Å². The van der Waals surface area contributed by atoms with Crippen LogP contribution in [0.5, 0.6) is 0 Å². The van der Waals surface area contributed by atoms with Crippen molar-refractivity contribution in [3.05, 3.63) is 29.6 Å². The smallest absolute Gasteiger partial charge is 0.130 e. The molecular weight excluding hydrogens is 231 g/mol. The number of unbranched alkanes of at least 4 members (excludes halogenated alkanes) is 2. The maximum Gasteiger partial charge on any atom is 0.130 e. The number of rotatable bonds is 7. The zero-order valence-electron chi connectivity index (χ0n) is 11.2. The zero-order chi connectivity index (χ0) is 13.5. The number of benzene rings is 1. The van der Waals surface area contributed by atoms with Crippen molar-refractivity contribution < 1.29 is 9.50 Å². The van der Waals surface area contributed by atoms with E-state index in [1.54, 1.807) is 13.0 Å². The van der Waals surface area contributed by atoms with E-state index in [1.165, 1.54) is 6.07 Å². The minimum atomic E-state index is -0.318. The Kier molecular flexibility index (Phi) is 6.09. The maximum absolute atomic E-state index is 13.8. The van der Waals surface area contributed by atoms with Gasteiger partial charge in [0.05, 0.1) is 0 Å². The number of hydrogen-bond acceptors (Lipinski definition) is 3. The largest absolute Gasteiger partial charge is 0.396 e. The van der Waals surface area contributed by atoms with Crippen LogP contribution in [0, 0.1) is 5.82 Å². The van der Waals surface area contributed by atoms with Crippen LogP contribution in [0.1, 0.15) is 37.8 Å². The molecule has 1 atom stereocenters. The number of halogens is 1. The molecule has 1 aromatic rings. The Morgan fingerprint density at radius 3 is 2.67 bits per heavy atom. The Morgan fingerprint density at radius 2 is 2.06 bits per heavy atom. The van der Waals surface area contributed by atoms with Crippen molar-refractivity contribution in [2.45, 2.75) is 32.2 Å². The van der Waals surface area contributed by atoms with E-state index in [0.29, 0.717) is 5.56 Å². The van der Waals surface area contributed by atoms with Gasteiger partial charge in [0.2, 0.25) is 0 Å². The Hall–Kier alpha value is -1.13. The van der Waals surface area contributed by atoms with Gasteiger partial charge < -0.3 is 15.7 Å².